The second-order valence-electron chi connectivity index (χ2n) is 4.62. The highest BCUT2D eigenvalue weighted by molar-refractivity contribution is 9.10. The van der Waals surface area contributed by atoms with Crippen LogP contribution in [0.15, 0.2) is 22.7 Å². The third kappa shape index (κ3) is 3.58. The van der Waals surface area contributed by atoms with Crippen LogP contribution in [0.3, 0.4) is 0 Å². The molecule has 0 spiro atoms. The topological polar surface area (TPSA) is 32.3 Å². The molecule has 0 bridgehead atoms. The molecule has 1 saturated carbocycles. The van der Waals surface area contributed by atoms with Crippen LogP contribution in [0.5, 0.6) is 0 Å². The van der Waals surface area contributed by atoms with E-state index in [0.29, 0.717) is 12.6 Å². The monoisotopic (exact) mass is 283 g/mol. The van der Waals surface area contributed by atoms with Gasteiger partial charge in [-0.2, -0.15) is 0 Å². The maximum absolute atomic E-state index is 9.86. The van der Waals surface area contributed by atoms with E-state index in [-0.39, 0.29) is 6.10 Å². The Labute approximate surface area is 105 Å². The lowest BCUT2D eigenvalue weighted by molar-refractivity contribution is 0.171. The molecule has 1 fully saturated rings. The van der Waals surface area contributed by atoms with Gasteiger partial charge in [-0.25, -0.2) is 0 Å². The number of hydrogen-bond donors (Lipinski definition) is 2. The van der Waals surface area contributed by atoms with E-state index in [4.69, 9.17) is 0 Å². The molecule has 3 heteroatoms. The van der Waals surface area contributed by atoms with Crippen LogP contribution in [0.1, 0.15) is 24.0 Å². The molecule has 1 atom stereocenters. The minimum absolute atomic E-state index is 0.282. The van der Waals surface area contributed by atoms with Crippen molar-refractivity contribution in [2.45, 2.75) is 38.3 Å². The Morgan fingerprint density at radius 2 is 2.25 bits per heavy atom. The summed E-state index contributed by atoms with van der Waals surface area (Å²) in [4.78, 5) is 0. The molecule has 0 amide bonds. The SMILES string of the molecule is Cc1ccc(CC(O)CNC2CC2)cc1Br. The van der Waals surface area contributed by atoms with Gasteiger partial charge < -0.3 is 10.4 Å². The average Bonchev–Trinajstić information content (AvgIpc) is 3.04. The van der Waals surface area contributed by atoms with E-state index in [1.165, 1.54) is 24.0 Å². The van der Waals surface area contributed by atoms with E-state index in [0.717, 1.165) is 10.9 Å². The number of nitrogens with one attached hydrogen (secondary N) is 1. The van der Waals surface area contributed by atoms with Crippen molar-refractivity contribution in [3.63, 3.8) is 0 Å². The second-order valence-corrected chi connectivity index (χ2v) is 5.48. The van der Waals surface area contributed by atoms with Crippen LogP contribution in [0, 0.1) is 6.92 Å². The molecule has 1 aromatic carbocycles. The Kier molecular flexibility index (Phi) is 4.00. The summed E-state index contributed by atoms with van der Waals surface area (Å²) in [6, 6.07) is 6.93. The minimum Gasteiger partial charge on any atom is -0.391 e. The molecule has 0 saturated heterocycles. The molecule has 0 aliphatic heterocycles. The molecule has 88 valence electrons. The standard InChI is InChI=1S/C13H18BrNO/c1-9-2-3-10(7-13(9)14)6-12(16)8-15-11-4-5-11/h2-3,7,11-12,15-16H,4-6,8H2,1H3. The summed E-state index contributed by atoms with van der Waals surface area (Å²) >= 11 is 3.51. The molecule has 2 N–H and O–H groups in total. The van der Waals surface area contributed by atoms with Crippen molar-refractivity contribution in [1.82, 2.24) is 5.32 Å². The van der Waals surface area contributed by atoms with Crippen LogP contribution in [-0.4, -0.2) is 23.8 Å². The molecule has 2 rings (SSSR count). The Balaban J connectivity index is 1.84. The van der Waals surface area contributed by atoms with Crippen LogP contribution in [0.25, 0.3) is 0 Å². The molecule has 1 aromatic rings. The fourth-order valence-corrected chi connectivity index (χ4v) is 2.12. The first-order valence-electron chi connectivity index (χ1n) is 5.81. The maximum atomic E-state index is 9.86. The van der Waals surface area contributed by atoms with Crippen molar-refractivity contribution < 1.29 is 5.11 Å². The molecule has 0 aromatic heterocycles. The molecule has 16 heavy (non-hydrogen) atoms. The fraction of sp³-hybridized carbons (Fsp3) is 0.538. The third-order valence-corrected chi connectivity index (χ3v) is 3.78. The first-order chi connectivity index (χ1) is 7.65. The Morgan fingerprint density at radius 3 is 2.88 bits per heavy atom. The van der Waals surface area contributed by atoms with Gasteiger partial charge in [-0.15, -0.1) is 0 Å². The lowest BCUT2D eigenvalue weighted by Crippen LogP contribution is -2.29. The summed E-state index contributed by atoms with van der Waals surface area (Å²) in [6.07, 6.45) is 2.97. The van der Waals surface area contributed by atoms with Gasteiger partial charge in [0.05, 0.1) is 6.10 Å². The molecule has 1 unspecified atom stereocenters. The van der Waals surface area contributed by atoms with Crippen LogP contribution < -0.4 is 5.32 Å². The van der Waals surface area contributed by atoms with E-state index in [1.807, 2.05) is 0 Å². The predicted octanol–water partition coefficient (Wildman–Crippen LogP) is 2.41. The Morgan fingerprint density at radius 1 is 1.50 bits per heavy atom. The lowest BCUT2D eigenvalue weighted by atomic mass is 10.1. The van der Waals surface area contributed by atoms with Crippen molar-refractivity contribution in [3.8, 4) is 0 Å². The second kappa shape index (κ2) is 5.30. The summed E-state index contributed by atoms with van der Waals surface area (Å²) in [7, 11) is 0. The number of aliphatic hydroxyl groups excluding tert-OH is 1. The number of halogens is 1. The zero-order valence-electron chi connectivity index (χ0n) is 9.54. The molecule has 1 aliphatic rings. The number of aryl methyl sites for hydroxylation is 1. The largest absolute Gasteiger partial charge is 0.391 e. The highest BCUT2D eigenvalue weighted by Gasteiger charge is 2.21. The van der Waals surface area contributed by atoms with Gasteiger partial charge in [0.2, 0.25) is 0 Å². The van der Waals surface area contributed by atoms with E-state index in [9.17, 15) is 5.11 Å². The van der Waals surface area contributed by atoms with Gasteiger partial charge in [-0.05, 0) is 43.4 Å². The first-order valence-corrected chi connectivity index (χ1v) is 6.61. The number of benzene rings is 1. The summed E-state index contributed by atoms with van der Waals surface area (Å²) in [5.41, 5.74) is 2.41. The molecule has 0 radical (unpaired) electrons. The fourth-order valence-electron chi connectivity index (χ4n) is 1.70. The van der Waals surface area contributed by atoms with Gasteiger partial charge >= 0.3 is 0 Å². The van der Waals surface area contributed by atoms with Gasteiger partial charge in [0, 0.05) is 17.1 Å². The van der Waals surface area contributed by atoms with Gasteiger partial charge in [0.15, 0.2) is 0 Å². The highest BCUT2D eigenvalue weighted by atomic mass is 79.9. The molecule has 2 nitrogen and oxygen atoms in total. The van der Waals surface area contributed by atoms with E-state index in [1.54, 1.807) is 0 Å². The minimum atomic E-state index is -0.282. The zero-order chi connectivity index (χ0) is 11.5. The number of rotatable bonds is 5. The number of hydrogen-bond acceptors (Lipinski definition) is 2. The van der Waals surface area contributed by atoms with Crippen molar-refractivity contribution in [2.75, 3.05) is 6.54 Å². The average molecular weight is 284 g/mol. The van der Waals surface area contributed by atoms with Crippen molar-refractivity contribution >= 4 is 15.9 Å². The smallest absolute Gasteiger partial charge is 0.0704 e. The first kappa shape index (κ1) is 12.1. The molecule has 0 heterocycles. The van der Waals surface area contributed by atoms with Crippen LogP contribution in [0.4, 0.5) is 0 Å². The van der Waals surface area contributed by atoms with Gasteiger partial charge in [0.25, 0.3) is 0 Å². The Bertz CT molecular complexity index is 363. The van der Waals surface area contributed by atoms with Crippen molar-refractivity contribution in [1.29, 1.82) is 0 Å². The van der Waals surface area contributed by atoms with Crippen LogP contribution >= 0.6 is 15.9 Å². The lowest BCUT2D eigenvalue weighted by Gasteiger charge is -2.12. The summed E-state index contributed by atoms with van der Waals surface area (Å²) in [5, 5.41) is 13.2. The Hall–Kier alpha value is -0.380. The van der Waals surface area contributed by atoms with Crippen LogP contribution in [0.2, 0.25) is 0 Å². The van der Waals surface area contributed by atoms with E-state index in [2.05, 4.69) is 46.4 Å². The van der Waals surface area contributed by atoms with E-state index >= 15 is 0 Å². The normalized spacial score (nSPS) is 17.4. The summed E-state index contributed by atoms with van der Waals surface area (Å²) < 4.78 is 1.12. The van der Waals surface area contributed by atoms with Gasteiger partial charge in [-0.1, -0.05) is 28.1 Å². The van der Waals surface area contributed by atoms with E-state index < -0.39 is 0 Å². The third-order valence-electron chi connectivity index (χ3n) is 2.93. The van der Waals surface area contributed by atoms with Gasteiger partial charge in [0.1, 0.15) is 0 Å². The van der Waals surface area contributed by atoms with Crippen molar-refractivity contribution in [3.05, 3.63) is 33.8 Å². The molecule has 1 aliphatic carbocycles. The summed E-state index contributed by atoms with van der Waals surface area (Å²) in [5.74, 6) is 0. The van der Waals surface area contributed by atoms with Gasteiger partial charge in [-0.3, -0.25) is 0 Å². The maximum Gasteiger partial charge on any atom is 0.0704 e. The molecular formula is C13H18BrNO. The quantitative estimate of drug-likeness (QED) is 0.870. The van der Waals surface area contributed by atoms with Crippen molar-refractivity contribution in [2.24, 2.45) is 0 Å². The molecular weight excluding hydrogens is 266 g/mol. The predicted molar refractivity (Wildman–Crippen MR) is 69.6 cm³/mol. The highest BCUT2D eigenvalue weighted by Crippen LogP contribution is 2.20. The van der Waals surface area contributed by atoms with Crippen LogP contribution in [-0.2, 0) is 6.42 Å². The number of aliphatic hydroxyl groups is 1. The summed E-state index contributed by atoms with van der Waals surface area (Å²) in [6.45, 7) is 2.77. The zero-order valence-corrected chi connectivity index (χ0v) is 11.1.